The SMILES string of the molecule is C=C(CCC(=O)N1N=CCC1c1cncc(F)c1)Cn1cc(C#N)cn1. The number of aromatic nitrogens is 3. The van der Waals surface area contributed by atoms with Gasteiger partial charge in [0.25, 0.3) is 0 Å². The fraction of sp³-hybridized carbons (Fsp3) is 0.278. The number of carbonyl (C=O) groups is 1. The van der Waals surface area contributed by atoms with E-state index in [1.807, 2.05) is 6.07 Å². The second kappa shape index (κ2) is 7.70. The van der Waals surface area contributed by atoms with Crippen molar-refractivity contribution < 1.29 is 9.18 Å². The molecule has 0 N–H and O–H groups in total. The number of nitriles is 1. The standard InChI is InChI=1S/C18H17FN6O/c1-13(11-24-12-14(7-20)8-23-24)2-3-18(26)25-17(4-5-22-25)15-6-16(19)10-21-9-15/h5-6,8-10,12,17H,1-4,11H2. The van der Waals surface area contributed by atoms with Gasteiger partial charge in [-0.15, -0.1) is 0 Å². The van der Waals surface area contributed by atoms with Crippen LogP contribution in [0.5, 0.6) is 0 Å². The van der Waals surface area contributed by atoms with Crippen molar-refractivity contribution >= 4 is 12.1 Å². The van der Waals surface area contributed by atoms with Gasteiger partial charge in [-0.05, 0) is 18.1 Å². The Morgan fingerprint density at radius 1 is 1.38 bits per heavy atom. The van der Waals surface area contributed by atoms with E-state index in [0.717, 1.165) is 11.8 Å². The Kier molecular flexibility index (Phi) is 5.17. The molecule has 3 rings (SSSR count). The van der Waals surface area contributed by atoms with E-state index < -0.39 is 5.82 Å². The Hall–Kier alpha value is -3.34. The second-order valence-electron chi connectivity index (χ2n) is 6.01. The fourth-order valence-corrected chi connectivity index (χ4v) is 2.76. The summed E-state index contributed by atoms with van der Waals surface area (Å²) in [5, 5.41) is 18.4. The molecule has 0 saturated heterocycles. The van der Waals surface area contributed by atoms with Gasteiger partial charge in [-0.2, -0.15) is 15.5 Å². The van der Waals surface area contributed by atoms with Gasteiger partial charge in [0.2, 0.25) is 5.91 Å². The Morgan fingerprint density at radius 2 is 2.23 bits per heavy atom. The lowest BCUT2D eigenvalue weighted by atomic mass is 10.1. The van der Waals surface area contributed by atoms with E-state index in [1.165, 1.54) is 17.3 Å². The second-order valence-corrected chi connectivity index (χ2v) is 6.01. The third-order valence-electron chi connectivity index (χ3n) is 4.04. The number of hydrazone groups is 1. The van der Waals surface area contributed by atoms with Crippen molar-refractivity contribution in [3.63, 3.8) is 0 Å². The van der Waals surface area contributed by atoms with Gasteiger partial charge in [0.1, 0.15) is 11.9 Å². The molecule has 1 unspecified atom stereocenters. The van der Waals surface area contributed by atoms with Crippen molar-refractivity contribution in [2.24, 2.45) is 5.10 Å². The number of halogens is 1. The largest absolute Gasteiger partial charge is 0.273 e. The zero-order valence-electron chi connectivity index (χ0n) is 14.0. The summed E-state index contributed by atoms with van der Waals surface area (Å²) in [4.78, 5) is 16.4. The lowest BCUT2D eigenvalue weighted by Crippen LogP contribution is -2.27. The Morgan fingerprint density at radius 3 is 2.96 bits per heavy atom. The number of nitrogens with zero attached hydrogens (tertiary/aromatic N) is 6. The third kappa shape index (κ3) is 4.00. The van der Waals surface area contributed by atoms with Gasteiger partial charge in [-0.1, -0.05) is 12.2 Å². The first-order valence-electron chi connectivity index (χ1n) is 8.11. The van der Waals surface area contributed by atoms with Crippen LogP contribution >= 0.6 is 0 Å². The Labute approximate surface area is 150 Å². The van der Waals surface area contributed by atoms with Crippen LogP contribution in [0.25, 0.3) is 0 Å². The molecular formula is C18H17FN6O. The molecule has 26 heavy (non-hydrogen) atoms. The number of allylic oxidation sites excluding steroid dienone is 1. The van der Waals surface area contributed by atoms with Crippen molar-refractivity contribution in [3.05, 3.63) is 59.9 Å². The summed E-state index contributed by atoms with van der Waals surface area (Å²) >= 11 is 0. The molecule has 0 radical (unpaired) electrons. The van der Waals surface area contributed by atoms with Crippen LogP contribution in [0.2, 0.25) is 0 Å². The van der Waals surface area contributed by atoms with Crippen LogP contribution in [0.4, 0.5) is 4.39 Å². The van der Waals surface area contributed by atoms with Crippen molar-refractivity contribution in [2.45, 2.75) is 31.8 Å². The molecule has 0 aliphatic carbocycles. The first-order valence-corrected chi connectivity index (χ1v) is 8.11. The van der Waals surface area contributed by atoms with Gasteiger partial charge in [0.05, 0.1) is 30.5 Å². The van der Waals surface area contributed by atoms with E-state index in [2.05, 4.69) is 21.8 Å². The average molecular weight is 352 g/mol. The molecule has 2 aromatic rings. The van der Waals surface area contributed by atoms with Crippen LogP contribution in [-0.4, -0.2) is 31.9 Å². The monoisotopic (exact) mass is 352 g/mol. The maximum Gasteiger partial charge on any atom is 0.243 e. The minimum atomic E-state index is -0.439. The fourth-order valence-electron chi connectivity index (χ4n) is 2.76. The highest BCUT2D eigenvalue weighted by Gasteiger charge is 2.28. The molecule has 2 aromatic heterocycles. The van der Waals surface area contributed by atoms with Crippen molar-refractivity contribution in [1.29, 1.82) is 5.26 Å². The number of carbonyl (C=O) groups excluding carboxylic acids is 1. The van der Waals surface area contributed by atoms with Crippen LogP contribution < -0.4 is 0 Å². The number of pyridine rings is 1. The Balaban J connectivity index is 1.56. The molecule has 1 amide bonds. The highest BCUT2D eigenvalue weighted by molar-refractivity contribution is 5.80. The molecule has 0 bridgehead atoms. The quantitative estimate of drug-likeness (QED) is 0.748. The smallest absolute Gasteiger partial charge is 0.243 e. The summed E-state index contributed by atoms with van der Waals surface area (Å²) < 4.78 is 15.0. The van der Waals surface area contributed by atoms with Crippen molar-refractivity contribution in [3.8, 4) is 6.07 Å². The topological polar surface area (TPSA) is 87.2 Å². The maximum absolute atomic E-state index is 13.4. The van der Waals surface area contributed by atoms with E-state index >= 15 is 0 Å². The van der Waals surface area contributed by atoms with E-state index in [0.29, 0.717) is 30.5 Å². The number of rotatable bonds is 6. The maximum atomic E-state index is 13.4. The molecule has 1 aliphatic heterocycles. The first-order chi connectivity index (χ1) is 12.6. The summed E-state index contributed by atoms with van der Waals surface area (Å²) in [5.74, 6) is -0.599. The summed E-state index contributed by atoms with van der Waals surface area (Å²) in [5.41, 5.74) is 1.92. The van der Waals surface area contributed by atoms with E-state index in [1.54, 1.807) is 23.3 Å². The molecule has 3 heterocycles. The summed E-state index contributed by atoms with van der Waals surface area (Å²) in [6.07, 6.45) is 8.67. The first kappa shape index (κ1) is 17.5. The number of amides is 1. The minimum Gasteiger partial charge on any atom is -0.273 e. The van der Waals surface area contributed by atoms with Gasteiger partial charge in [0.15, 0.2) is 0 Å². The zero-order valence-corrected chi connectivity index (χ0v) is 14.0. The van der Waals surface area contributed by atoms with Gasteiger partial charge in [-0.25, -0.2) is 9.40 Å². The number of hydrogen-bond acceptors (Lipinski definition) is 5. The summed E-state index contributed by atoms with van der Waals surface area (Å²) in [7, 11) is 0. The molecule has 132 valence electrons. The molecule has 0 spiro atoms. The molecular weight excluding hydrogens is 335 g/mol. The molecule has 1 aliphatic rings. The van der Waals surface area contributed by atoms with Crippen LogP contribution in [-0.2, 0) is 11.3 Å². The van der Waals surface area contributed by atoms with Crippen LogP contribution in [0.15, 0.2) is 48.1 Å². The van der Waals surface area contributed by atoms with Crippen molar-refractivity contribution in [2.75, 3.05) is 0 Å². The van der Waals surface area contributed by atoms with E-state index in [-0.39, 0.29) is 18.4 Å². The summed E-state index contributed by atoms with van der Waals surface area (Å²) in [6.45, 7) is 4.40. The number of hydrogen-bond donors (Lipinski definition) is 0. The minimum absolute atomic E-state index is 0.160. The van der Waals surface area contributed by atoms with Crippen molar-refractivity contribution in [1.82, 2.24) is 19.8 Å². The molecule has 0 fully saturated rings. The third-order valence-corrected chi connectivity index (χ3v) is 4.04. The zero-order chi connectivity index (χ0) is 18.5. The van der Waals surface area contributed by atoms with Gasteiger partial charge >= 0.3 is 0 Å². The normalized spacial score (nSPS) is 15.8. The van der Waals surface area contributed by atoms with E-state index in [4.69, 9.17) is 5.26 Å². The molecule has 8 heteroatoms. The highest BCUT2D eigenvalue weighted by Crippen LogP contribution is 2.29. The predicted octanol–water partition coefficient (Wildman–Crippen LogP) is 2.58. The molecule has 1 atom stereocenters. The molecule has 7 nitrogen and oxygen atoms in total. The van der Waals surface area contributed by atoms with Gasteiger partial charge in [0, 0.05) is 31.4 Å². The van der Waals surface area contributed by atoms with Gasteiger partial charge < -0.3 is 0 Å². The summed E-state index contributed by atoms with van der Waals surface area (Å²) in [6, 6.07) is 3.05. The average Bonchev–Trinajstić information content (AvgIpc) is 3.29. The highest BCUT2D eigenvalue weighted by atomic mass is 19.1. The lowest BCUT2D eigenvalue weighted by molar-refractivity contribution is -0.133. The van der Waals surface area contributed by atoms with Gasteiger partial charge in [-0.3, -0.25) is 14.5 Å². The molecule has 0 aromatic carbocycles. The van der Waals surface area contributed by atoms with E-state index in [9.17, 15) is 9.18 Å². The van der Waals surface area contributed by atoms with Crippen LogP contribution in [0, 0.1) is 17.1 Å². The van der Waals surface area contributed by atoms with Crippen LogP contribution in [0.1, 0.15) is 36.4 Å². The lowest BCUT2D eigenvalue weighted by Gasteiger charge is -2.22. The Bertz CT molecular complexity index is 897. The predicted molar refractivity (Wildman–Crippen MR) is 92.2 cm³/mol. The van der Waals surface area contributed by atoms with Crippen LogP contribution in [0.3, 0.4) is 0 Å². The molecule has 0 saturated carbocycles.